The Morgan fingerprint density at radius 1 is 1.25 bits per heavy atom. The van der Waals surface area contributed by atoms with E-state index in [1.54, 1.807) is 0 Å². The number of rotatable bonds is 5. The summed E-state index contributed by atoms with van der Waals surface area (Å²) in [5.74, 6) is 0. The second kappa shape index (κ2) is 5.53. The summed E-state index contributed by atoms with van der Waals surface area (Å²) in [6.45, 7) is 0. The highest BCUT2D eigenvalue weighted by Crippen LogP contribution is 2.07. The lowest BCUT2D eigenvalue weighted by Gasteiger charge is -1.97. The SMILES string of the molecule is O=[C]CCC[CH]c1ccccc1. The molecule has 0 saturated heterocycles. The molecule has 0 heterocycles. The van der Waals surface area contributed by atoms with E-state index in [2.05, 4.69) is 18.6 Å². The van der Waals surface area contributed by atoms with Gasteiger partial charge in [0, 0.05) is 6.42 Å². The molecule has 1 heteroatoms. The van der Waals surface area contributed by atoms with Crippen molar-refractivity contribution in [2.75, 3.05) is 0 Å². The first-order chi connectivity index (χ1) is 5.93. The molecular formula is C11H12O. The zero-order valence-corrected chi connectivity index (χ0v) is 6.99. The fourth-order valence-corrected chi connectivity index (χ4v) is 1.03. The molecule has 1 nitrogen and oxygen atoms in total. The van der Waals surface area contributed by atoms with Crippen molar-refractivity contribution in [1.82, 2.24) is 0 Å². The summed E-state index contributed by atoms with van der Waals surface area (Å²) < 4.78 is 0. The van der Waals surface area contributed by atoms with Crippen LogP contribution < -0.4 is 0 Å². The van der Waals surface area contributed by atoms with Gasteiger partial charge in [0.25, 0.3) is 0 Å². The third kappa shape index (κ3) is 3.33. The minimum atomic E-state index is 0.545. The second-order valence-corrected chi connectivity index (χ2v) is 2.65. The average molecular weight is 160 g/mol. The van der Waals surface area contributed by atoms with Crippen LogP contribution in [-0.4, -0.2) is 6.29 Å². The Bertz CT molecular complexity index is 216. The maximum Gasteiger partial charge on any atom is 0.198 e. The quantitative estimate of drug-likeness (QED) is 0.605. The molecule has 0 spiro atoms. The van der Waals surface area contributed by atoms with Gasteiger partial charge in [0.1, 0.15) is 0 Å². The lowest BCUT2D eigenvalue weighted by atomic mass is 10.1. The van der Waals surface area contributed by atoms with Gasteiger partial charge in [-0.15, -0.1) is 0 Å². The monoisotopic (exact) mass is 160 g/mol. The van der Waals surface area contributed by atoms with E-state index in [9.17, 15) is 4.79 Å². The van der Waals surface area contributed by atoms with Crippen molar-refractivity contribution >= 4 is 6.29 Å². The van der Waals surface area contributed by atoms with Gasteiger partial charge in [-0.3, -0.25) is 4.79 Å². The van der Waals surface area contributed by atoms with Gasteiger partial charge in [-0.25, -0.2) is 0 Å². The van der Waals surface area contributed by atoms with Gasteiger partial charge in [-0.05, 0) is 24.8 Å². The van der Waals surface area contributed by atoms with Crippen LogP contribution >= 0.6 is 0 Å². The fraction of sp³-hybridized carbons (Fsp3) is 0.273. The van der Waals surface area contributed by atoms with Crippen molar-refractivity contribution in [1.29, 1.82) is 0 Å². The third-order valence-electron chi connectivity index (χ3n) is 1.66. The van der Waals surface area contributed by atoms with Gasteiger partial charge < -0.3 is 0 Å². The molecule has 1 aromatic rings. The van der Waals surface area contributed by atoms with Gasteiger partial charge in [0.05, 0.1) is 0 Å². The van der Waals surface area contributed by atoms with Crippen LogP contribution in [0.15, 0.2) is 30.3 Å². The van der Waals surface area contributed by atoms with E-state index in [-0.39, 0.29) is 0 Å². The number of benzene rings is 1. The molecule has 0 unspecified atom stereocenters. The lowest BCUT2D eigenvalue weighted by Crippen LogP contribution is -1.82. The number of carbonyl (C=O) groups excluding carboxylic acids is 1. The molecule has 0 aliphatic rings. The van der Waals surface area contributed by atoms with E-state index in [0.717, 1.165) is 12.8 Å². The molecule has 0 amide bonds. The lowest BCUT2D eigenvalue weighted by molar-refractivity contribution is 0.548. The Kier molecular flexibility index (Phi) is 4.14. The van der Waals surface area contributed by atoms with Crippen molar-refractivity contribution in [3.8, 4) is 0 Å². The van der Waals surface area contributed by atoms with Crippen LogP contribution in [0.25, 0.3) is 0 Å². The van der Waals surface area contributed by atoms with Crippen LogP contribution in [0.3, 0.4) is 0 Å². The van der Waals surface area contributed by atoms with Crippen LogP contribution in [0.5, 0.6) is 0 Å². The Morgan fingerprint density at radius 3 is 2.67 bits per heavy atom. The van der Waals surface area contributed by atoms with Crippen molar-refractivity contribution in [3.05, 3.63) is 42.3 Å². The average Bonchev–Trinajstić information content (AvgIpc) is 2.14. The fourth-order valence-electron chi connectivity index (χ4n) is 1.03. The van der Waals surface area contributed by atoms with E-state index in [1.165, 1.54) is 5.56 Å². The van der Waals surface area contributed by atoms with Gasteiger partial charge >= 0.3 is 0 Å². The highest BCUT2D eigenvalue weighted by atomic mass is 16.1. The highest BCUT2D eigenvalue weighted by molar-refractivity contribution is 5.50. The van der Waals surface area contributed by atoms with Crippen LogP contribution in [0.4, 0.5) is 0 Å². The normalized spacial score (nSPS) is 9.67. The first-order valence-corrected chi connectivity index (χ1v) is 4.17. The molecule has 0 saturated carbocycles. The summed E-state index contributed by atoms with van der Waals surface area (Å²) in [4.78, 5) is 9.88. The molecule has 0 fully saturated rings. The smallest absolute Gasteiger partial charge is 0.198 e. The maximum absolute atomic E-state index is 9.88. The molecule has 0 aromatic heterocycles. The molecule has 1 rings (SSSR count). The standard InChI is InChI=1S/C11H12O/c12-10-6-2-5-9-11-7-3-1-4-8-11/h1,3-4,7-9H,2,5-6H2. The van der Waals surface area contributed by atoms with Gasteiger partial charge in [0.15, 0.2) is 6.29 Å². The van der Waals surface area contributed by atoms with E-state index in [0.29, 0.717) is 6.42 Å². The predicted octanol–water partition coefficient (Wildman–Crippen LogP) is 2.52. The largest absolute Gasteiger partial charge is 0.291 e. The first-order valence-electron chi connectivity index (χ1n) is 4.17. The number of hydrogen-bond acceptors (Lipinski definition) is 1. The Labute approximate surface area is 73.4 Å². The third-order valence-corrected chi connectivity index (χ3v) is 1.66. The maximum atomic E-state index is 9.88. The van der Waals surface area contributed by atoms with Gasteiger partial charge in [0.2, 0.25) is 0 Å². The minimum Gasteiger partial charge on any atom is -0.291 e. The molecule has 62 valence electrons. The first kappa shape index (κ1) is 8.98. The summed E-state index contributed by atoms with van der Waals surface area (Å²) in [5.41, 5.74) is 1.23. The van der Waals surface area contributed by atoms with Crippen LogP contribution in [0, 0.1) is 6.42 Å². The molecule has 0 bridgehead atoms. The van der Waals surface area contributed by atoms with Crippen LogP contribution in [0.1, 0.15) is 24.8 Å². The Balaban J connectivity index is 2.20. The number of unbranched alkanes of at least 4 members (excludes halogenated alkanes) is 2. The zero-order chi connectivity index (χ0) is 8.65. The van der Waals surface area contributed by atoms with E-state index < -0.39 is 0 Å². The molecule has 0 aliphatic heterocycles. The Morgan fingerprint density at radius 2 is 2.00 bits per heavy atom. The topological polar surface area (TPSA) is 17.1 Å². The van der Waals surface area contributed by atoms with Crippen molar-refractivity contribution in [3.63, 3.8) is 0 Å². The summed E-state index contributed by atoms with van der Waals surface area (Å²) in [7, 11) is 0. The summed E-state index contributed by atoms with van der Waals surface area (Å²) in [5, 5.41) is 0. The molecule has 0 atom stereocenters. The summed E-state index contributed by atoms with van der Waals surface area (Å²) in [6, 6.07) is 10.1. The summed E-state index contributed by atoms with van der Waals surface area (Å²) >= 11 is 0. The molecule has 1 aromatic carbocycles. The highest BCUT2D eigenvalue weighted by Gasteiger charge is 1.91. The zero-order valence-electron chi connectivity index (χ0n) is 6.99. The molecule has 0 aliphatic carbocycles. The van der Waals surface area contributed by atoms with Gasteiger partial charge in [-0.2, -0.15) is 0 Å². The predicted molar refractivity (Wildman–Crippen MR) is 49.4 cm³/mol. The second-order valence-electron chi connectivity index (χ2n) is 2.65. The summed E-state index contributed by atoms with van der Waals surface area (Å²) in [6.07, 6.45) is 6.42. The van der Waals surface area contributed by atoms with Crippen LogP contribution in [0.2, 0.25) is 0 Å². The van der Waals surface area contributed by atoms with Crippen molar-refractivity contribution in [2.45, 2.75) is 19.3 Å². The number of hydrogen-bond donors (Lipinski definition) is 0. The molecule has 12 heavy (non-hydrogen) atoms. The molecule has 2 radical (unpaired) electrons. The Hall–Kier alpha value is -1.11. The molecular weight excluding hydrogens is 148 g/mol. The molecule has 0 N–H and O–H groups in total. The van der Waals surface area contributed by atoms with Gasteiger partial charge in [-0.1, -0.05) is 30.3 Å². The van der Waals surface area contributed by atoms with Crippen molar-refractivity contribution < 1.29 is 4.79 Å². The van der Waals surface area contributed by atoms with Crippen LogP contribution in [-0.2, 0) is 4.79 Å². The van der Waals surface area contributed by atoms with E-state index in [1.807, 2.05) is 24.5 Å². The van der Waals surface area contributed by atoms with E-state index >= 15 is 0 Å². The van der Waals surface area contributed by atoms with E-state index in [4.69, 9.17) is 0 Å². The minimum absolute atomic E-state index is 0.545. The van der Waals surface area contributed by atoms with Crippen molar-refractivity contribution in [2.24, 2.45) is 0 Å².